The molecule has 1 fully saturated rings. The molecule has 2 aromatic heterocycles. The lowest BCUT2D eigenvalue weighted by Gasteiger charge is -2.27. The molecule has 0 aromatic carbocycles. The number of anilines is 3. The Morgan fingerprint density at radius 2 is 2.11 bits per heavy atom. The molecule has 2 aliphatic rings. The number of nitrogens with one attached hydrogen (secondary N) is 2. The van der Waals surface area contributed by atoms with Crippen LogP contribution >= 0.6 is 15.9 Å². The van der Waals surface area contributed by atoms with E-state index in [1.165, 1.54) is 0 Å². The zero-order valence-electron chi connectivity index (χ0n) is 15.1. The predicted octanol–water partition coefficient (Wildman–Crippen LogP) is 2.85. The van der Waals surface area contributed by atoms with Gasteiger partial charge in [-0.1, -0.05) is 12.2 Å². The first-order valence-electron chi connectivity index (χ1n) is 9.00. The maximum atomic E-state index is 11.9. The summed E-state index contributed by atoms with van der Waals surface area (Å²) in [6.45, 7) is 4.13. The number of hydrogen-bond acceptors (Lipinski definition) is 6. The van der Waals surface area contributed by atoms with Gasteiger partial charge in [-0.05, 0) is 48.0 Å². The van der Waals surface area contributed by atoms with Gasteiger partial charge in [-0.25, -0.2) is 4.98 Å². The van der Waals surface area contributed by atoms with E-state index in [9.17, 15) is 4.79 Å². The van der Waals surface area contributed by atoms with Gasteiger partial charge in [0.2, 0.25) is 11.9 Å². The summed E-state index contributed by atoms with van der Waals surface area (Å²) in [7, 11) is 0. The highest BCUT2D eigenvalue weighted by molar-refractivity contribution is 9.10. The van der Waals surface area contributed by atoms with Gasteiger partial charge in [0.15, 0.2) is 0 Å². The fraction of sp³-hybridized carbons (Fsp3) is 0.444. The van der Waals surface area contributed by atoms with Gasteiger partial charge in [0, 0.05) is 24.5 Å². The number of nitrogens with zero attached hydrogens (tertiary/aromatic N) is 4. The van der Waals surface area contributed by atoms with Crippen LogP contribution < -0.4 is 16.4 Å². The van der Waals surface area contributed by atoms with Crippen molar-refractivity contribution in [2.75, 3.05) is 10.6 Å². The average Bonchev–Trinajstić information content (AvgIpc) is 3.33. The Hall–Kier alpha value is -2.42. The van der Waals surface area contributed by atoms with E-state index >= 15 is 0 Å². The van der Waals surface area contributed by atoms with Crippen LogP contribution in [0.15, 0.2) is 35.2 Å². The molecular weight excluding hydrogens is 410 g/mol. The smallest absolute Gasteiger partial charge is 0.229 e. The third kappa shape index (κ3) is 3.43. The number of aromatic nitrogens is 4. The molecule has 4 N–H and O–H groups in total. The van der Waals surface area contributed by atoms with Crippen LogP contribution in [0.2, 0.25) is 0 Å². The van der Waals surface area contributed by atoms with Crippen LogP contribution in [0.1, 0.15) is 26.3 Å². The van der Waals surface area contributed by atoms with Gasteiger partial charge in [-0.3, -0.25) is 9.48 Å². The molecule has 0 radical (unpaired) electrons. The molecule has 9 heteroatoms. The zero-order valence-corrected chi connectivity index (χ0v) is 16.7. The van der Waals surface area contributed by atoms with Crippen molar-refractivity contribution in [3.63, 3.8) is 0 Å². The molecular formula is C18H22BrN7O. The highest BCUT2D eigenvalue weighted by Gasteiger charge is 2.47. The Morgan fingerprint density at radius 3 is 2.81 bits per heavy atom. The van der Waals surface area contributed by atoms with Crippen molar-refractivity contribution in [1.29, 1.82) is 0 Å². The lowest BCUT2D eigenvalue weighted by Crippen LogP contribution is -2.41. The normalized spacial score (nSPS) is 25.9. The molecule has 27 heavy (non-hydrogen) atoms. The van der Waals surface area contributed by atoms with Gasteiger partial charge in [0.1, 0.15) is 5.82 Å². The van der Waals surface area contributed by atoms with E-state index in [1.807, 2.05) is 10.9 Å². The Kier molecular flexibility index (Phi) is 4.63. The Morgan fingerprint density at radius 1 is 1.33 bits per heavy atom. The number of hydrogen-bond donors (Lipinski definition) is 3. The molecule has 2 unspecified atom stereocenters. The van der Waals surface area contributed by atoms with Crippen LogP contribution in [-0.2, 0) is 4.79 Å². The SMILES string of the molecule is CC(C)n1cc(Nc2ncc(Br)c(N[C@H]3C(C(N)=O)C4C=C[C@H]3C4)n2)cn1. The van der Waals surface area contributed by atoms with Crippen molar-refractivity contribution >= 4 is 39.3 Å². The largest absolute Gasteiger partial charge is 0.369 e. The van der Waals surface area contributed by atoms with Crippen LogP contribution in [0.5, 0.6) is 0 Å². The number of allylic oxidation sites excluding steroid dienone is 1. The third-order valence-corrected chi connectivity index (χ3v) is 5.80. The summed E-state index contributed by atoms with van der Waals surface area (Å²) < 4.78 is 2.60. The summed E-state index contributed by atoms with van der Waals surface area (Å²) in [6, 6.07) is 0.223. The second kappa shape index (κ2) is 6.95. The molecule has 4 rings (SSSR count). The summed E-state index contributed by atoms with van der Waals surface area (Å²) in [5.74, 6) is 1.11. The molecule has 4 atom stereocenters. The van der Waals surface area contributed by atoms with Crippen LogP contribution in [0.3, 0.4) is 0 Å². The van der Waals surface area contributed by atoms with Crippen molar-refractivity contribution in [2.24, 2.45) is 23.5 Å². The van der Waals surface area contributed by atoms with Crippen LogP contribution in [0.25, 0.3) is 0 Å². The maximum Gasteiger partial charge on any atom is 0.229 e. The van der Waals surface area contributed by atoms with E-state index in [0.29, 0.717) is 11.8 Å². The maximum absolute atomic E-state index is 11.9. The van der Waals surface area contributed by atoms with Gasteiger partial charge in [-0.2, -0.15) is 10.1 Å². The van der Waals surface area contributed by atoms with Crippen molar-refractivity contribution in [3.05, 3.63) is 35.2 Å². The number of carbonyl (C=O) groups excluding carboxylic acids is 1. The van der Waals surface area contributed by atoms with Crippen molar-refractivity contribution in [1.82, 2.24) is 19.7 Å². The predicted molar refractivity (Wildman–Crippen MR) is 106 cm³/mol. The molecule has 0 spiro atoms. The van der Waals surface area contributed by atoms with Gasteiger partial charge < -0.3 is 16.4 Å². The van der Waals surface area contributed by atoms with Crippen LogP contribution in [0.4, 0.5) is 17.5 Å². The topological polar surface area (TPSA) is 111 Å². The lowest BCUT2D eigenvalue weighted by atomic mass is 9.88. The van der Waals surface area contributed by atoms with Gasteiger partial charge in [-0.15, -0.1) is 0 Å². The first-order valence-corrected chi connectivity index (χ1v) is 9.79. The Labute approximate surface area is 165 Å². The number of carbonyl (C=O) groups is 1. The Bertz CT molecular complexity index is 894. The molecule has 2 bridgehead atoms. The van der Waals surface area contributed by atoms with Crippen molar-refractivity contribution < 1.29 is 4.79 Å². The quantitative estimate of drug-likeness (QED) is 0.606. The van der Waals surface area contributed by atoms with Gasteiger partial charge in [0.05, 0.1) is 22.3 Å². The molecule has 0 aliphatic heterocycles. The average molecular weight is 432 g/mol. The number of nitrogens with two attached hydrogens (primary N) is 1. The Balaban J connectivity index is 1.54. The lowest BCUT2D eigenvalue weighted by molar-refractivity contribution is -0.122. The molecule has 142 valence electrons. The summed E-state index contributed by atoms with van der Waals surface area (Å²) in [6.07, 6.45) is 10.6. The van der Waals surface area contributed by atoms with Gasteiger partial charge >= 0.3 is 0 Å². The first-order chi connectivity index (χ1) is 12.9. The number of primary amides is 1. The molecule has 2 aliphatic carbocycles. The van der Waals surface area contributed by atoms with Crippen LogP contribution in [-0.4, -0.2) is 31.7 Å². The van der Waals surface area contributed by atoms with Crippen molar-refractivity contribution in [3.8, 4) is 0 Å². The zero-order chi connectivity index (χ0) is 19.1. The minimum absolute atomic E-state index is 0.0553. The molecule has 2 heterocycles. The first kappa shape index (κ1) is 18.0. The third-order valence-electron chi connectivity index (χ3n) is 5.22. The van der Waals surface area contributed by atoms with E-state index in [1.54, 1.807) is 12.4 Å². The monoisotopic (exact) mass is 431 g/mol. The highest BCUT2D eigenvalue weighted by Crippen LogP contribution is 2.45. The minimum atomic E-state index is -0.269. The van der Waals surface area contributed by atoms with E-state index < -0.39 is 0 Å². The fourth-order valence-electron chi connectivity index (χ4n) is 3.91. The number of amides is 1. The van der Waals surface area contributed by atoms with Gasteiger partial charge in [0.25, 0.3) is 0 Å². The minimum Gasteiger partial charge on any atom is -0.369 e. The standard InChI is InChI=1S/C18H22BrN7O/c1-9(2)26-8-12(6-22-26)23-18-21-7-13(19)17(25-18)24-15-11-4-3-10(5-11)14(15)16(20)27/h3-4,6-11,14-15H,5H2,1-2H3,(H2,20,27)(H2,21,23,24,25)/t10?,11-,14?,15+/m0/s1. The van der Waals surface area contributed by atoms with E-state index in [4.69, 9.17) is 5.73 Å². The summed E-state index contributed by atoms with van der Waals surface area (Å²) in [4.78, 5) is 20.8. The van der Waals surface area contributed by atoms with E-state index in [0.717, 1.165) is 16.6 Å². The molecule has 0 saturated heterocycles. The highest BCUT2D eigenvalue weighted by atomic mass is 79.9. The second-order valence-corrected chi connectivity index (χ2v) is 8.22. The fourth-order valence-corrected chi connectivity index (χ4v) is 4.21. The molecule has 2 aromatic rings. The number of halogens is 1. The van der Waals surface area contributed by atoms with E-state index in [-0.39, 0.29) is 35.7 Å². The van der Waals surface area contributed by atoms with E-state index in [2.05, 4.69) is 67.6 Å². The summed E-state index contributed by atoms with van der Waals surface area (Å²) >= 11 is 3.49. The number of rotatable bonds is 6. The second-order valence-electron chi connectivity index (χ2n) is 7.36. The van der Waals surface area contributed by atoms with Crippen LogP contribution in [0, 0.1) is 17.8 Å². The summed E-state index contributed by atoms with van der Waals surface area (Å²) in [5, 5.41) is 10.9. The molecule has 8 nitrogen and oxygen atoms in total. The molecule has 1 amide bonds. The summed E-state index contributed by atoms with van der Waals surface area (Å²) in [5.41, 5.74) is 6.46. The molecule has 1 saturated carbocycles. The van der Waals surface area contributed by atoms with Crippen molar-refractivity contribution in [2.45, 2.75) is 32.4 Å². The number of fused-ring (bicyclic) bond motifs is 2.